The van der Waals surface area contributed by atoms with Gasteiger partial charge < -0.3 is 10.3 Å². The molecule has 0 spiro atoms. The molecular formula is C23H21F3N2O2. The fourth-order valence-corrected chi connectivity index (χ4v) is 3.10. The minimum absolute atomic E-state index is 0.342. The quantitative estimate of drug-likeness (QED) is 0.615. The molecule has 4 nitrogen and oxygen atoms in total. The van der Waals surface area contributed by atoms with Gasteiger partial charge in [0.1, 0.15) is 11.3 Å². The van der Waals surface area contributed by atoms with Crippen LogP contribution < -0.4 is 10.9 Å². The van der Waals surface area contributed by atoms with Crippen LogP contribution in [0.1, 0.15) is 58.5 Å². The van der Waals surface area contributed by atoms with Crippen molar-refractivity contribution in [1.82, 2.24) is 10.3 Å². The first-order valence-corrected chi connectivity index (χ1v) is 9.43. The SMILES string of the molecule is CC(C)c1ccc(C(NC(=O)c2ccc(C(F)(F)F)[nH]c2=O)c2ccccc2)cc1. The molecule has 1 atom stereocenters. The Labute approximate surface area is 171 Å². The average molecular weight is 414 g/mol. The van der Waals surface area contributed by atoms with Gasteiger partial charge in [-0.25, -0.2) is 0 Å². The number of pyridine rings is 1. The Kier molecular flexibility index (Phi) is 6.10. The first kappa shape index (κ1) is 21.4. The zero-order chi connectivity index (χ0) is 21.9. The lowest BCUT2D eigenvalue weighted by atomic mass is 9.95. The summed E-state index contributed by atoms with van der Waals surface area (Å²) in [5.74, 6) is -0.415. The summed E-state index contributed by atoms with van der Waals surface area (Å²) in [6.45, 7) is 4.14. The van der Waals surface area contributed by atoms with E-state index in [0.717, 1.165) is 22.8 Å². The topological polar surface area (TPSA) is 62.0 Å². The largest absolute Gasteiger partial charge is 0.431 e. The molecule has 0 aliphatic heterocycles. The molecule has 2 aromatic carbocycles. The maximum Gasteiger partial charge on any atom is 0.431 e. The molecular weight excluding hydrogens is 393 g/mol. The number of hydrogen-bond donors (Lipinski definition) is 2. The van der Waals surface area contributed by atoms with E-state index in [1.165, 1.54) is 0 Å². The molecule has 1 amide bonds. The van der Waals surface area contributed by atoms with Crippen molar-refractivity contribution in [2.24, 2.45) is 0 Å². The Balaban J connectivity index is 1.94. The van der Waals surface area contributed by atoms with E-state index < -0.39 is 29.4 Å². The maximum atomic E-state index is 12.8. The van der Waals surface area contributed by atoms with Crippen LogP contribution in [0.4, 0.5) is 13.2 Å². The Bertz CT molecular complexity index is 1070. The maximum absolute atomic E-state index is 12.8. The highest BCUT2D eigenvalue weighted by molar-refractivity contribution is 5.94. The number of hydrogen-bond acceptors (Lipinski definition) is 2. The third-order valence-electron chi connectivity index (χ3n) is 4.80. The second-order valence-corrected chi connectivity index (χ2v) is 7.25. The number of aromatic nitrogens is 1. The number of benzene rings is 2. The van der Waals surface area contributed by atoms with Gasteiger partial charge in [-0.05, 0) is 34.7 Å². The number of halogens is 3. The third-order valence-corrected chi connectivity index (χ3v) is 4.80. The molecule has 3 rings (SSSR count). The van der Waals surface area contributed by atoms with Gasteiger partial charge in [0.05, 0.1) is 6.04 Å². The summed E-state index contributed by atoms with van der Waals surface area (Å²) in [6.07, 6.45) is -4.70. The predicted octanol–water partition coefficient (Wildman–Crippen LogP) is 5.04. The molecule has 1 heterocycles. The van der Waals surface area contributed by atoms with Gasteiger partial charge in [-0.15, -0.1) is 0 Å². The predicted molar refractivity (Wildman–Crippen MR) is 108 cm³/mol. The Hall–Kier alpha value is -3.35. The Morgan fingerprint density at radius 3 is 1.97 bits per heavy atom. The highest BCUT2D eigenvalue weighted by atomic mass is 19.4. The monoisotopic (exact) mass is 414 g/mol. The highest BCUT2D eigenvalue weighted by Gasteiger charge is 2.32. The second kappa shape index (κ2) is 8.57. The van der Waals surface area contributed by atoms with Crippen LogP contribution in [0.2, 0.25) is 0 Å². The van der Waals surface area contributed by atoms with E-state index in [-0.39, 0.29) is 5.56 Å². The zero-order valence-corrected chi connectivity index (χ0v) is 16.5. The van der Waals surface area contributed by atoms with Crippen molar-refractivity contribution in [2.45, 2.75) is 32.0 Å². The van der Waals surface area contributed by atoms with Crippen molar-refractivity contribution in [3.05, 3.63) is 105 Å². The zero-order valence-electron chi connectivity index (χ0n) is 16.5. The molecule has 1 unspecified atom stereocenters. The Morgan fingerprint density at radius 1 is 0.867 bits per heavy atom. The van der Waals surface area contributed by atoms with E-state index in [4.69, 9.17) is 0 Å². The first-order chi connectivity index (χ1) is 14.2. The van der Waals surface area contributed by atoms with E-state index >= 15 is 0 Å². The van der Waals surface area contributed by atoms with Crippen LogP contribution in [0, 0.1) is 0 Å². The number of carbonyl (C=O) groups is 1. The van der Waals surface area contributed by atoms with Gasteiger partial charge in [-0.3, -0.25) is 9.59 Å². The van der Waals surface area contributed by atoms with E-state index in [2.05, 4.69) is 19.2 Å². The van der Waals surface area contributed by atoms with E-state index in [1.807, 2.05) is 54.6 Å². The number of H-pyrrole nitrogens is 1. The van der Waals surface area contributed by atoms with Crippen molar-refractivity contribution in [3.8, 4) is 0 Å². The molecule has 7 heteroatoms. The van der Waals surface area contributed by atoms with Crippen molar-refractivity contribution >= 4 is 5.91 Å². The summed E-state index contributed by atoms with van der Waals surface area (Å²) in [5.41, 5.74) is 0.0322. The van der Waals surface area contributed by atoms with E-state index in [9.17, 15) is 22.8 Å². The summed E-state index contributed by atoms with van der Waals surface area (Å²) in [6, 6.07) is 17.9. The number of rotatable bonds is 5. The van der Waals surface area contributed by atoms with Crippen LogP contribution in [0.5, 0.6) is 0 Å². The van der Waals surface area contributed by atoms with Gasteiger partial charge in [0.2, 0.25) is 0 Å². The van der Waals surface area contributed by atoms with Crippen LogP contribution in [-0.4, -0.2) is 10.9 Å². The van der Waals surface area contributed by atoms with Crippen molar-refractivity contribution in [3.63, 3.8) is 0 Å². The highest BCUT2D eigenvalue weighted by Crippen LogP contribution is 2.27. The van der Waals surface area contributed by atoms with Crippen molar-refractivity contribution < 1.29 is 18.0 Å². The van der Waals surface area contributed by atoms with Crippen LogP contribution in [-0.2, 0) is 6.18 Å². The molecule has 0 aliphatic carbocycles. The third kappa shape index (κ3) is 4.79. The first-order valence-electron chi connectivity index (χ1n) is 9.43. The molecule has 0 fully saturated rings. The number of aromatic amines is 1. The molecule has 30 heavy (non-hydrogen) atoms. The lowest BCUT2D eigenvalue weighted by Crippen LogP contribution is -2.34. The summed E-state index contributed by atoms with van der Waals surface area (Å²) in [5, 5.41) is 2.77. The normalized spacial score (nSPS) is 12.6. The Morgan fingerprint density at radius 2 is 1.43 bits per heavy atom. The van der Waals surface area contributed by atoms with Crippen molar-refractivity contribution in [2.75, 3.05) is 0 Å². The van der Waals surface area contributed by atoms with Crippen LogP contribution in [0.15, 0.2) is 71.5 Å². The van der Waals surface area contributed by atoms with E-state index in [1.54, 1.807) is 4.98 Å². The number of alkyl halides is 3. The number of amides is 1. The van der Waals surface area contributed by atoms with Gasteiger partial charge in [-0.2, -0.15) is 13.2 Å². The minimum Gasteiger partial charge on any atom is -0.341 e. The number of carbonyl (C=O) groups excluding carboxylic acids is 1. The average Bonchev–Trinajstić information content (AvgIpc) is 2.72. The summed E-state index contributed by atoms with van der Waals surface area (Å²) in [7, 11) is 0. The molecule has 0 aliphatic rings. The molecule has 0 saturated heterocycles. The summed E-state index contributed by atoms with van der Waals surface area (Å²) < 4.78 is 38.3. The minimum atomic E-state index is -4.70. The second-order valence-electron chi connectivity index (χ2n) is 7.25. The summed E-state index contributed by atoms with van der Waals surface area (Å²) >= 11 is 0. The van der Waals surface area contributed by atoms with Gasteiger partial charge in [0.15, 0.2) is 0 Å². The van der Waals surface area contributed by atoms with Gasteiger partial charge in [0.25, 0.3) is 11.5 Å². The van der Waals surface area contributed by atoms with Crippen molar-refractivity contribution in [1.29, 1.82) is 0 Å². The molecule has 3 aromatic rings. The molecule has 0 radical (unpaired) electrons. The fraction of sp³-hybridized carbons (Fsp3) is 0.217. The molecule has 0 saturated carbocycles. The molecule has 156 valence electrons. The smallest absolute Gasteiger partial charge is 0.341 e. The lowest BCUT2D eigenvalue weighted by Gasteiger charge is -2.20. The van der Waals surface area contributed by atoms with Gasteiger partial charge in [0, 0.05) is 0 Å². The lowest BCUT2D eigenvalue weighted by molar-refractivity contribution is -0.141. The van der Waals surface area contributed by atoms with Gasteiger partial charge >= 0.3 is 6.18 Å². The molecule has 0 bridgehead atoms. The van der Waals surface area contributed by atoms with Crippen LogP contribution in [0.3, 0.4) is 0 Å². The van der Waals surface area contributed by atoms with Gasteiger partial charge in [-0.1, -0.05) is 68.4 Å². The van der Waals surface area contributed by atoms with E-state index in [0.29, 0.717) is 12.0 Å². The number of nitrogens with one attached hydrogen (secondary N) is 2. The molecule has 1 aromatic heterocycles. The summed E-state index contributed by atoms with van der Waals surface area (Å²) in [4.78, 5) is 26.6. The standard InChI is InChI=1S/C23H21F3N2O2/c1-14(2)15-8-10-17(11-9-15)20(16-6-4-3-5-7-16)28-22(30)18-12-13-19(23(24,25)26)27-21(18)29/h3-14,20H,1-2H3,(H,27,29)(H,28,30). The van der Waals surface area contributed by atoms with Crippen LogP contribution in [0.25, 0.3) is 0 Å². The fourth-order valence-electron chi connectivity index (χ4n) is 3.10. The molecule has 2 N–H and O–H groups in total. The van der Waals surface area contributed by atoms with Crippen LogP contribution >= 0.6 is 0 Å².